The highest BCUT2D eigenvalue weighted by Gasteiger charge is 2.37. The SMILES string of the molecule is COc1ccc([C@H]2C3=C(CCCC3=O)Nc3c(C(=O)Nc4cccc(OC)c4)cnn32)cc1. The number of rotatable bonds is 5. The molecule has 2 aliphatic rings. The van der Waals surface area contributed by atoms with Crippen molar-refractivity contribution in [2.45, 2.75) is 25.3 Å². The molecule has 1 atom stereocenters. The molecular formula is C25H24N4O4. The maximum atomic E-state index is 13.2. The van der Waals surface area contributed by atoms with Crippen LogP contribution in [-0.2, 0) is 4.79 Å². The van der Waals surface area contributed by atoms with E-state index < -0.39 is 6.04 Å². The molecule has 5 rings (SSSR count). The highest BCUT2D eigenvalue weighted by atomic mass is 16.5. The molecule has 1 aliphatic heterocycles. The summed E-state index contributed by atoms with van der Waals surface area (Å²) in [6, 6.07) is 14.4. The van der Waals surface area contributed by atoms with Crippen molar-refractivity contribution >= 4 is 23.2 Å². The number of nitrogens with one attached hydrogen (secondary N) is 2. The molecule has 1 aliphatic carbocycles. The van der Waals surface area contributed by atoms with Gasteiger partial charge in [-0.3, -0.25) is 9.59 Å². The summed E-state index contributed by atoms with van der Waals surface area (Å²) in [5.74, 6) is 1.77. The lowest BCUT2D eigenvalue weighted by atomic mass is 9.85. The first-order valence-electron chi connectivity index (χ1n) is 10.8. The van der Waals surface area contributed by atoms with Gasteiger partial charge in [-0.15, -0.1) is 0 Å². The topological polar surface area (TPSA) is 94.5 Å². The number of hydrogen-bond acceptors (Lipinski definition) is 6. The Morgan fingerprint density at radius 2 is 1.88 bits per heavy atom. The normalized spacial score (nSPS) is 17.0. The van der Waals surface area contributed by atoms with Crippen molar-refractivity contribution in [1.82, 2.24) is 9.78 Å². The fraction of sp³-hybridized carbons (Fsp3) is 0.240. The first-order valence-corrected chi connectivity index (χ1v) is 10.8. The van der Waals surface area contributed by atoms with Crippen LogP contribution in [0.4, 0.5) is 11.5 Å². The number of fused-ring (bicyclic) bond motifs is 1. The van der Waals surface area contributed by atoms with Gasteiger partial charge >= 0.3 is 0 Å². The van der Waals surface area contributed by atoms with Crippen LogP contribution in [0.3, 0.4) is 0 Å². The third-order valence-electron chi connectivity index (χ3n) is 6.04. The van der Waals surface area contributed by atoms with Crippen LogP contribution in [0.1, 0.15) is 41.2 Å². The minimum absolute atomic E-state index is 0.105. The van der Waals surface area contributed by atoms with Gasteiger partial charge in [-0.05, 0) is 42.7 Å². The van der Waals surface area contributed by atoms with Crippen molar-refractivity contribution in [1.29, 1.82) is 0 Å². The molecule has 0 bridgehead atoms. The van der Waals surface area contributed by atoms with E-state index in [1.165, 1.54) is 6.20 Å². The van der Waals surface area contributed by atoms with Crippen LogP contribution in [0, 0.1) is 0 Å². The predicted molar refractivity (Wildman–Crippen MR) is 124 cm³/mol. The average Bonchev–Trinajstić information content (AvgIpc) is 3.27. The lowest BCUT2D eigenvalue weighted by Gasteiger charge is -2.33. The molecule has 8 nitrogen and oxygen atoms in total. The Bertz CT molecular complexity index is 1260. The number of hydrogen-bond donors (Lipinski definition) is 2. The second-order valence-electron chi connectivity index (χ2n) is 8.01. The van der Waals surface area contributed by atoms with Gasteiger partial charge in [-0.2, -0.15) is 5.10 Å². The van der Waals surface area contributed by atoms with E-state index in [0.29, 0.717) is 34.8 Å². The van der Waals surface area contributed by atoms with E-state index in [2.05, 4.69) is 15.7 Å². The number of methoxy groups -OCH3 is 2. The number of nitrogens with zero attached hydrogens (tertiary/aromatic N) is 2. The highest BCUT2D eigenvalue weighted by Crippen LogP contribution is 2.41. The van der Waals surface area contributed by atoms with Crippen molar-refractivity contribution < 1.29 is 19.1 Å². The van der Waals surface area contributed by atoms with Gasteiger partial charge in [-0.1, -0.05) is 18.2 Å². The molecule has 2 heterocycles. The first kappa shape index (κ1) is 20.8. The quantitative estimate of drug-likeness (QED) is 0.613. The Balaban J connectivity index is 1.54. The number of benzene rings is 2. The number of ketones is 1. The minimum atomic E-state index is -0.409. The number of anilines is 2. The van der Waals surface area contributed by atoms with E-state index in [0.717, 1.165) is 29.9 Å². The zero-order chi connectivity index (χ0) is 22.9. The van der Waals surface area contributed by atoms with E-state index in [9.17, 15) is 9.59 Å². The largest absolute Gasteiger partial charge is 0.497 e. The predicted octanol–water partition coefficient (Wildman–Crippen LogP) is 4.17. The molecule has 1 amide bonds. The van der Waals surface area contributed by atoms with E-state index in [4.69, 9.17) is 9.47 Å². The van der Waals surface area contributed by atoms with E-state index in [1.807, 2.05) is 36.4 Å². The zero-order valence-corrected chi connectivity index (χ0v) is 18.4. The van der Waals surface area contributed by atoms with Crippen LogP contribution in [-0.4, -0.2) is 35.7 Å². The van der Waals surface area contributed by atoms with Crippen LogP contribution in [0.15, 0.2) is 66.0 Å². The summed E-state index contributed by atoms with van der Waals surface area (Å²) in [6.45, 7) is 0. The smallest absolute Gasteiger partial charge is 0.261 e. The summed E-state index contributed by atoms with van der Waals surface area (Å²) in [4.78, 5) is 26.1. The summed E-state index contributed by atoms with van der Waals surface area (Å²) in [5.41, 5.74) is 3.50. The summed E-state index contributed by atoms with van der Waals surface area (Å²) < 4.78 is 12.3. The number of allylic oxidation sites excluding steroid dienone is 2. The average molecular weight is 444 g/mol. The fourth-order valence-corrected chi connectivity index (χ4v) is 4.42. The Labute approximate surface area is 191 Å². The number of Topliss-reactive ketones (excluding diaryl/α,β-unsaturated/α-hetero) is 1. The minimum Gasteiger partial charge on any atom is -0.497 e. The molecule has 0 fully saturated rings. The molecule has 0 saturated heterocycles. The van der Waals surface area contributed by atoms with Crippen molar-refractivity contribution in [3.63, 3.8) is 0 Å². The Morgan fingerprint density at radius 3 is 2.64 bits per heavy atom. The fourth-order valence-electron chi connectivity index (χ4n) is 4.42. The van der Waals surface area contributed by atoms with Crippen LogP contribution in [0.2, 0.25) is 0 Å². The number of ether oxygens (including phenoxy) is 2. The zero-order valence-electron chi connectivity index (χ0n) is 18.4. The molecule has 1 aromatic heterocycles. The van der Waals surface area contributed by atoms with E-state index in [-0.39, 0.29) is 11.7 Å². The standard InChI is InChI=1S/C25H24N4O4/c1-32-17-11-9-15(10-12-17)23-22-20(7-4-8-21(22)30)28-24-19(14-26-29(23)24)25(31)27-16-5-3-6-18(13-16)33-2/h3,5-6,9-14,23,28H,4,7-8H2,1-2H3,(H,27,31)/t23-/m0/s1. The molecule has 0 spiro atoms. The maximum Gasteiger partial charge on any atom is 0.261 e. The summed E-state index contributed by atoms with van der Waals surface area (Å²) >= 11 is 0. The van der Waals surface area contributed by atoms with Gasteiger partial charge in [0.15, 0.2) is 5.78 Å². The van der Waals surface area contributed by atoms with Gasteiger partial charge in [0.1, 0.15) is 28.9 Å². The van der Waals surface area contributed by atoms with E-state index in [1.54, 1.807) is 31.0 Å². The molecule has 168 valence electrons. The molecule has 0 unspecified atom stereocenters. The molecular weight excluding hydrogens is 420 g/mol. The molecule has 2 aromatic carbocycles. The first-order chi connectivity index (χ1) is 16.1. The van der Waals surface area contributed by atoms with Gasteiger partial charge in [0.05, 0.1) is 20.4 Å². The van der Waals surface area contributed by atoms with Crippen molar-refractivity contribution in [2.24, 2.45) is 0 Å². The molecule has 0 radical (unpaired) electrons. The van der Waals surface area contributed by atoms with Crippen molar-refractivity contribution in [2.75, 3.05) is 24.9 Å². The van der Waals surface area contributed by atoms with Gasteiger partial charge < -0.3 is 20.1 Å². The number of aromatic nitrogens is 2. The molecule has 33 heavy (non-hydrogen) atoms. The lowest BCUT2D eigenvalue weighted by molar-refractivity contribution is -0.116. The van der Waals surface area contributed by atoms with E-state index >= 15 is 0 Å². The second kappa shape index (κ2) is 8.46. The summed E-state index contributed by atoms with van der Waals surface area (Å²) in [6.07, 6.45) is 3.57. The molecule has 3 aromatic rings. The van der Waals surface area contributed by atoms with Crippen molar-refractivity contribution in [3.05, 3.63) is 77.1 Å². The summed E-state index contributed by atoms with van der Waals surface area (Å²) in [5, 5.41) is 10.8. The lowest BCUT2D eigenvalue weighted by Crippen LogP contribution is -2.32. The Kier molecular flexibility index (Phi) is 5.34. The second-order valence-corrected chi connectivity index (χ2v) is 8.01. The van der Waals surface area contributed by atoms with Crippen LogP contribution >= 0.6 is 0 Å². The maximum absolute atomic E-state index is 13.2. The number of carbonyl (C=O) groups is 2. The van der Waals surface area contributed by atoms with Gasteiger partial charge in [-0.25, -0.2) is 4.68 Å². The van der Waals surface area contributed by atoms with Crippen LogP contribution in [0.25, 0.3) is 0 Å². The molecule has 8 heteroatoms. The monoisotopic (exact) mass is 444 g/mol. The van der Waals surface area contributed by atoms with Crippen molar-refractivity contribution in [3.8, 4) is 11.5 Å². The van der Waals surface area contributed by atoms with Gasteiger partial charge in [0, 0.05) is 29.4 Å². The van der Waals surface area contributed by atoms with Gasteiger partial charge in [0.25, 0.3) is 5.91 Å². The van der Waals surface area contributed by atoms with Gasteiger partial charge in [0.2, 0.25) is 0 Å². The highest BCUT2D eigenvalue weighted by molar-refractivity contribution is 6.08. The molecule has 0 saturated carbocycles. The molecule has 2 N–H and O–H groups in total. The Morgan fingerprint density at radius 1 is 1.09 bits per heavy atom. The number of carbonyl (C=O) groups excluding carboxylic acids is 2. The third-order valence-corrected chi connectivity index (χ3v) is 6.04. The van der Waals surface area contributed by atoms with Crippen LogP contribution < -0.4 is 20.1 Å². The Hall–Kier alpha value is -4.07. The number of amides is 1. The van der Waals surface area contributed by atoms with Crippen LogP contribution in [0.5, 0.6) is 11.5 Å². The third kappa shape index (κ3) is 3.73. The summed E-state index contributed by atoms with van der Waals surface area (Å²) in [7, 11) is 3.19.